The summed E-state index contributed by atoms with van der Waals surface area (Å²) in [4.78, 5) is 4.26. The molecule has 1 aromatic carbocycles. The molecule has 0 atom stereocenters. The lowest BCUT2D eigenvalue weighted by atomic mass is 10.1. The molecule has 0 bridgehead atoms. The van der Waals surface area contributed by atoms with Crippen LogP contribution in [0.2, 0.25) is 0 Å². The van der Waals surface area contributed by atoms with Crippen molar-refractivity contribution in [1.29, 1.82) is 0 Å². The molecule has 0 saturated heterocycles. The summed E-state index contributed by atoms with van der Waals surface area (Å²) in [6.07, 6.45) is 1.71. The standard InChI is InChI=1S/C15H19N3O2/c1-3-20-13-7-6-12(9-11(13)10-16)18-15-14(19-2)5-4-8-17-15/h4-9H,3,10,16H2,1-2H3,(H,17,18). The Morgan fingerprint density at radius 1 is 1.25 bits per heavy atom. The second-order valence-corrected chi connectivity index (χ2v) is 4.14. The van der Waals surface area contributed by atoms with Gasteiger partial charge in [0.05, 0.1) is 13.7 Å². The SMILES string of the molecule is CCOc1ccc(Nc2ncccc2OC)cc1CN. The molecule has 106 valence electrons. The van der Waals surface area contributed by atoms with Crippen LogP contribution < -0.4 is 20.5 Å². The van der Waals surface area contributed by atoms with E-state index >= 15 is 0 Å². The van der Waals surface area contributed by atoms with Crippen LogP contribution in [0.4, 0.5) is 11.5 Å². The molecule has 0 aliphatic rings. The van der Waals surface area contributed by atoms with Gasteiger partial charge in [0.25, 0.3) is 0 Å². The number of ether oxygens (including phenoxy) is 2. The molecule has 0 spiro atoms. The van der Waals surface area contributed by atoms with Crippen LogP contribution in [-0.2, 0) is 6.54 Å². The first-order chi connectivity index (χ1) is 9.78. The number of nitrogens with zero attached hydrogens (tertiary/aromatic N) is 1. The molecule has 20 heavy (non-hydrogen) atoms. The molecule has 0 aliphatic carbocycles. The molecule has 2 rings (SSSR count). The summed E-state index contributed by atoms with van der Waals surface area (Å²) < 4.78 is 10.8. The largest absolute Gasteiger partial charge is 0.494 e. The van der Waals surface area contributed by atoms with Crippen LogP contribution in [0, 0.1) is 0 Å². The maximum atomic E-state index is 5.75. The number of nitrogens with one attached hydrogen (secondary N) is 1. The fourth-order valence-corrected chi connectivity index (χ4v) is 1.90. The van der Waals surface area contributed by atoms with E-state index in [1.54, 1.807) is 13.3 Å². The van der Waals surface area contributed by atoms with Gasteiger partial charge in [-0.15, -0.1) is 0 Å². The summed E-state index contributed by atoms with van der Waals surface area (Å²) in [5, 5.41) is 3.22. The molecular formula is C15H19N3O2. The summed E-state index contributed by atoms with van der Waals surface area (Å²) in [5.74, 6) is 2.17. The van der Waals surface area contributed by atoms with E-state index in [0.717, 1.165) is 17.0 Å². The van der Waals surface area contributed by atoms with Gasteiger partial charge in [-0.25, -0.2) is 4.98 Å². The van der Waals surface area contributed by atoms with Gasteiger partial charge >= 0.3 is 0 Å². The quantitative estimate of drug-likeness (QED) is 0.847. The Kier molecular flexibility index (Phi) is 4.79. The molecule has 0 saturated carbocycles. The van der Waals surface area contributed by atoms with E-state index in [-0.39, 0.29) is 0 Å². The van der Waals surface area contributed by atoms with E-state index in [1.807, 2.05) is 37.3 Å². The lowest BCUT2D eigenvalue weighted by Gasteiger charge is -2.13. The first-order valence-electron chi connectivity index (χ1n) is 6.50. The van der Waals surface area contributed by atoms with Crippen molar-refractivity contribution in [3.8, 4) is 11.5 Å². The van der Waals surface area contributed by atoms with Crippen LogP contribution in [0.25, 0.3) is 0 Å². The third-order valence-corrected chi connectivity index (χ3v) is 2.83. The van der Waals surface area contributed by atoms with E-state index in [1.165, 1.54) is 0 Å². The Morgan fingerprint density at radius 2 is 2.10 bits per heavy atom. The van der Waals surface area contributed by atoms with E-state index in [4.69, 9.17) is 15.2 Å². The summed E-state index contributed by atoms with van der Waals surface area (Å²) >= 11 is 0. The van der Waals surface area contributed by atoms with Crippen LogP contribution >= 0.6 is 0 Å². The van der Waals surface area contributed by atoms with Crippen molar-refractivity contribution >= 4 is 11.5 Å². The number of nitrogens with two attached hydrogens (primary N) is 1. The van der Waals surface area contributed by atoms with Crippen LogP contribution in [0.1, 0.15) is 12.5 Å². The van der Waals surface area contributed by atoms with Crippen molar-refractivity contribution in [2.24, 2.45) is 5.73 Å². The topological polar surface area (TPSA) is 69.4 Å². The molecule has 0 radical (unpaired) electrons. The zero-order valence-corrected chi connectivity index (χ0v) is 11.7. The fourth-order valence-electron chi connectivity index (χ4n) is 1.90. The molecule has 0 aliphatic heterocycles. The predicted molar refractivity (Wildman–Crippen MR) is 79.6 cm³/mol. The number of pyridine rings is 1. The van der Waals surface area contributed by atoms with Gasteiger partial charge in [0.2, 0.25) is 0 Å². The monoisotopic (exact) mass is 273 g/mol. The zero-order chi connectivity index (χ0) is 14.4. The smallest absolute Gasteiger partial charge is 0.173 e. The van der Waals surface area contributed by atoms with Crippen LogP contribution in [0.3, 0.4) is 0 Å². The maximum absolute atomic E-state index is 5.75. The third-order valence-electron chi connectivity index (χ3n) is 2.83. The fraction of sp³-hybridized carbons (Fsp3) is 0.267. The van der Waals surface area contributed by atoms with Crippen LogP contribution in [0.5, 0.6) is 11.5 Å². The van der Waals surface area contributed by atoms with Crippen molar-refractivity contribution in [3.63, 3.8) is 0 Å². The molecule has 0 unspecified atom stereocenters. The molecule has 2 aromatic rings. The second-order valence-electron chi connectivity index (χ2n) is 4.14. The van der Waals surface area contributed by atoms with Crippen LogP contribution in [-0.4, -0.2) is 18.7 Å². The Bertz CT molecular complexity index is 573. The number of aromatic nitrogens is 1. The highest BCUT2D eigenvalue weighted by Gasteiger charge is 2.07. The number of anilines is 2. The third kappa shape index (κ3) is 3.19. The van der Waals surface area contributed by atoms with Gasteiger partial charge in [-0.05, 0) is 37.3 Å². The number of benzene rings is 1. The van der Waals surface area contributed by atoms with Crippen molar-refractivity contribution < 1.29 is 9.47 Å². The first kappa shape index (κ1) is 14.1. The minimum Gasteiger partial charge on any atom is -0.494 e. The predicted octanol–water partition coefficient (Wildman–Crippen LogP) is 2.69. The molecule has 5 heteroatoms. The Hall–Kier alpha value is -2.27. The molecule has 1 aromatic heterocycles. The van der Waals surface area contributed by atoms with Gasteiger partial charge < -0.3 is 20.5 Å². The van der Waals surface area contributed by atoms with E-state index in [9.17, 15) is 0 Å². The van der Waals surface area contributed by atoms with Gasteiger partial charge in [0.15, 0.2) is 11.6 Å². The van der Waals surface area contributed by atoms with Crippen molar-refractivity contribution in [3.05, 3.63) is 42.1 Å². The second kappa shape index (κ2) is 6.77. The van der Waals surface area contributed by atoms with Gasteiger partial charge in [-0.2, -0.15) is 0 Å². The first-order valence-corrected chi connectivity index (χ1v) is 6.50. The highest BCUT2D eigenvalue weighted by Crippen LogP contribution is 2.28. The van der Waals surface area contributed by atoms with E-state index < -0.39 is 0 Å². The minimum absolute atomic E-state index is 0.421. The zero-order valence-electron chi connectivity index (χ0n) is 11.7. The highest BCUT2D eigenvalue weighted by atomic mass is 16.5. The molecule has 0 fully saturated rings. The number of rotatable bonds is 6. The molecule has 1 heterocycles. The Balaban J connectivity index is 2.25. The maximum Gasteiger partial charge on any atom is 0.173 e. The van der Waals surface area contributed by atoms with Gasteiger partial charge in [-0.3, -0.25) is 0 Å². The van der Waals surface area contributed by atoms with Crippen molar-refractivity contribution in [2.75, 3.05) is 19.0 Å². The van der Waals surface area contributed by atoms with E-state index in [2.05, 4.69) is 10.3 Å². The summed E-state index contributed by atoms with van der Waals surface area (Å²) in [6.45, 7) is 2.99. The summed E-state index contributed by atoms with van der Waals surface area (Å²) in [5.41, 5.74) is 7.60. The van der Waals surface area contributed by atoms with Crippen LogP contribution in [0.15, 0.2) is 36.5 Å². The Labute approximate surface area is 118 Å². The highest BCUT2D eigenvalue weighted by molar-refractivity contribution is 5.63. The Morgan fingerprint density at radius 3 is 2.80 bits per heavy atom. The van der Waals surface area contributed by atoms with Crippen molar-refractivity contribution in [2.45, 2.75) is 13.5 Å². The van der Waals surface area contributed by atoms with Crippen molar-refractivity contribution in [1.82, 2.24) is 4.98 Å². The number of hydrogen-bond acceptors (Lipinski definition) is 5. The lowest BCUT2D eigenvalue weighted by molar-refractivity contribution is 0.336. The minimum atomic E-state index is 0.421. The van der Waals surface area contributed by atoms with Gasteiger partial charge in [0, 0.05) is 24.0 Å². The molecule has 0 amide bonds. The normalized spacial score (nSPS) is 10.2. The molecule has 3 N–H and O–H groups in total. The number of hydrogen-bond donors (Lipinski definition) is 2. The summed E-state index contributed by atoms with van der Waals surface area (Å²) in [6, 6.07) is 9.47. The average Bonchev–Trinajstić information content (AvgIpc) is 2.49. The van der Waals surface area contributed by atoms with Gasteiger partial charge in [0.1, 0.15) is 5.75 Å². The summed E-state index contributed by atoms with van der Waals surface area (Å²) in [7, 11) is 1.62. The van der Waals surface area contributed by atoms with Gasteiger partial charge in [-0.1, -0.05) is 0 Å². The van der Waals surface area contributed by atoms with E-state index in [0.29, 0.717) is 24.7 Å². The lowest BCUT2D eigenvalue weighted by Crippen LogP contribution is -2.03. The molecule has 5 nitrogen and oxygen atoms in total. The molecular weight excluding hydrogens is 254 g/mol. The number of methoxy groups -OCH3 is 1. The average molecular weight is 273 g/mol.